The van der Waals surface area contributed by atoms with Crippen molar-refractivity contribution in [3.05, 3.63) is 11.6 Å². The van der Waals surface area contributed by atoms with Crippen LogP contribution in [0.15, 0.2) is 16.6 Å². The molecule has 1 aliphatic heterocycles. The quantitative estimate of drug-likeness (QED) is 0.503. The van der Waals surface area contributed by atoms with Crippen molar-refractivity contribution in [2.24, 2.45) is 10.7 Å². The molecule has 1 rings (SSSR count). The van der Waals surface area contributed by atoms with Crippen LogP contribution in [0.5, 0.6) is 0 Å². The van der Waals surface area contributed by atoms with E-state index >= 15 is 0 Å². The monoisotopic (exact) mass is 154 g/mol. The second kappa shape index (κ2) is 2.63. The Hall–Kier alpha value is -1.49. The first-order valence-electron chi connectivity index (χ1n) is 2.90. The summed E-state index contributed by atoms with van der Waals surface area (Å²) in [6.45, 7) is 0. The van der Waals surface area contributed by atoms with Crippen LogP contribution in [0, 0.1) is 0 Å². The van der Waals surface area contributed by atoms with Gasteiger partial charge in [-0.2, -0.15) is 0 Å². The predicted molar refractivity (Wildman–Crippen MR) is 37.2 cm³/mol. The van der Waals surface area contributed by atoms with Crippen molar-refractivity contribution >= 4 is 18.1 Å². The van der Waals surface area contributed by atoms with Crippen LogP contribution in [-0.4, -0.2) is 29.2 Å². The molecule has 0 saturated heterocycles. The molecule has 3 N–H and O–H groups in total. The van der Waals surface area contributed by atoms with E-state index in [9.17, 15) is 9.59 Å². The van der Waals surface area contributed by atoms with Gasteiger partial charge in [0.05, 0.1) is 11.6 Å². The van der Waals surface area contributed by atoms with Crippen LogP contribution in [0.3, 0.4) is 0 Å². The van der Waals surface area contributed by atoms with E-state index in [1.165, 1.54) is 0 Å². The molecule has 11 heavy (non-hydrogen) atoms. The first-order valence-corrected chi connectivity index (χ1v) is 2.90. The summed E-state index contributed by atoms with van der Waals surface area (Å²) in [4.78, 5) is 24.2. The molecule has 5 nitrogen and oxygen atoms in total. The van der Waals surface area contributed by atoms with E-state index in [0.717, 1.165) is 12.3 Å². The molecule has 0 saturated carbocycles. The number of carbonyl (C=O) groups excluding carboxylic acids is 1. The fourth-order valence-corrected chi connectivity index (χ4v) is 0.705. The average molecular weight is 154 g/mol. The Labute approximate surface area is 62.2 Å². The number of nitrogens with zero attached hydrogens (tertiary/aromatic N) is 1. The molecule has 1 unspecified atom stereocenters. The third-order valence-electron chi connectivity index (χ3n) is 1.25. The molecule has 0 radical (unpaired) electrons. The number of amides is 1. The van der Waals surface area contributed by atoms with Gasteiger partial charge in [0, 0.05) is 12.3 Å². The lowest BCUT2D eigenvalue weighted by Crippen LogP contribution is -2.31. The number of aliphatic imine (C=N–C) groups is 1. The zero-order chi connectivity index (χ0) is 8.43. The Balaban J connectivity index is 2.93. The maximum absolute atomic E-state index is 10.5. The number of dihydropyridines is 1. The Bertz CT molecular complexity index is 267. The van der Waals surface area contributed by atoms with Gasteiger partial charge in [0.1, 0.15) is 0 Å². The fourth-order valence-electron chi connectivity index (χ4n) is 0.705. The van der Waals surface area contributed by atoms with Gasteiger partial charge in [-0.1, -0.05) is 0 Å². The second-order valence-corrected chi connectivity index (χ2v) is 2.05. The molecule has 0 aromatic carbocycles. The molecule has 0 spiro atoms. The predicted octanol–water partition coefficient (Wildman–Crippen LogP) is -1.06. The van der Waals surface area contributed by atoms with Crippen LogP contribution < -0.4 is 5.73 Å². The fraction of sp³-hybridized carbons (Fsp3) is 0.167. The number of nitrogens with two attached hydrogens (primary N) is 1. The maximum Gasteiger partial charge on any atom is 0.333 e. The van der Waals surface area contributed by atoms with E-state index in [1.807, 2.05) is 0 Å². The number of hydrogen-bond donors (Lipinski definition) is 2. The number of hydrogen-bond acceptors (Lipinski definition) is 3. The molecule has 0 aromatic heterocycles. The highest BCUT2D eigenvalue weighted by molar-refractivity contribution is 6.07. The molecule has 1 heterocycles. The summed E-state index contributed by atoms with van der Waals surface area (Å²) < 4.78 is 0. The normalized spacial score (nSPS) is 23.2. The van der Waals surface area contributed by atoms with Gasteiger partial charge in [-0.15, -0.1) is 0 Å². The van der Waals surface area contributed by atoms with Gasteiger partial charge in [-0.3, -0.25) is 4.79 Å². The van der Waals surface area contributed by atoms with E-state index < -0.39 is 17.9 Å². The summed E-state index contributed by atoms with van der Waals surface area (Å²) in [5, 5.41) is 8.46. The lowest BCUT2D eigenvalue weighted by Gasteiger charge is -2.08. The Morgan fingerprint density at radius 1 is 1.73 bits per heavy atom. The molecule has 1 atom stereocenters. The first-order chi connectivity index (χ1) is 5.11. The molecule has 1 amide bonds. The van der Waals surface area contributed by atoms with E-state index in [0.29, 0.717) is 0 Å². The van der Waals surface area contributed by atoms with E-state index in [-0.39, 0.29) is 5.57 Å². The third kappa shape index (κ3) is 1.50. The zero-order valence-electron chi connectivity index (χ0n) is 5.52. The SMILES string of the molecule is NC1C=NC(=O)C=C1C(=O)O. The van der Waals surface area contributed by atoms with Gasteiger partial charge < -0.3 is 10.8 Å². The second-order valence-electron chi connectivity index (χ2n) is 2.05. The number of carbonyl (C=O) groups is 2. The van der Waals surface area contributed by atoms with Crippen LogP contribution in [0.1, 0.15) is 0 Å². The Morgan fingerprint density at radius 3 is 2.82 bits per heavy atom. The average Bonchev–Trinajstić information content (AvgIpc) is 1.94. The van der Waals surface area contributed by atoms with Gasteiger partial charge in [-0.05, 0) is 0 Å². The lowest BCUT2D eigenvalue weighted by atomic mass is 10.1. The highest BCUT2D eigenvalue weighted by Gasteiger charge is 2.19. The molecule has 5 heteroatoms. The van der Waals surface area contributed by atoms with Gasteiger partial charge >= 0.3 is 5.97 Å². The molecular weight excluding hydrogens is 148 g/mol. The minimum atomic E-state index is -1.18. The van der Waals surface area contributed by atoms with Crippen molar-refractivity contribution in [1.82, 2.24) is 0 Å². The van der Waals surface area contributed by atoms with Crippen LogP contribution in [0.25, 0.3) is 0 Å². The Kier molecular flexibility index (Phi) is 1.82. The minimum absolute atomic E-state index is 0.120. The molecule has 0 fully saturated rings. The number of carboxylic acids is 1. The molecule has 0 bridgehead atoms. The highest BCUT2D eigenvalue weighted by atomic mass is 16.4. The van der Waals surface area contributed by atoms with E-state index in [2.05, 4.69) is 4.99 Å². The Morgan fingerprint density at radius 2 is 2.36 bits per heavy atom. The maximum atomic E-state index is 10.5. The van der Waals surface area contributed by atoms with Crippen LogP contribution in [0.2, 0.25) is 0 Å². The summed E-state index contributed by atoms with van der Waals surface area (Å²) in [5.74, 6) is -1.76. The van der Waals surface area contributed by atoms with Gasteiger partial charge in [0.2, 0.25) is 0 Å². The van der Waals surface area contributed by atoms with E-state index in [4.69, 9.17) is 10.8 Å². The topological polar surface area (TPSA) is 92.8 Å². The molecule has 0 aliphatic carbocycles. The molecule has 0 aromatic rings. The third-order valence-corrected chi connectivity index (χ3v) is 1.25. The largest absolute Gasteiger partial charge is 0.478 e. The summed E-state index contributed by atoms with van der Waals surface area (Å²) in [6, 6.07) is -0.773. The number of carboxylic acid groups (broad SMARTS) is 1. The van der Waals surface area contributed by atoms with Crippen molar-refractivity contribution in [2.75, 3.05) is 0 Å². The molecular formula is C6H6N2O3. The van der Waals surface area contributed by atoms with Crippen LogP contribution >= 0.6 is 0 Å². The lowest BCUT2D eigenvalue weighted by molar-refractivity contribution is -0.133. The first kappa shape index (κ1) is 7.62. The molecule has 1 aliphatic rings. The summed E-state index contributed by atoms with van der Waals surface area (Å²) >= 11 is 0. The number of aliphatic carboxylic acids is 1. The van der Waals surface area contributed by atoms with Gasteiger partial charge in [0.25, 0.3) is 5.91 Å². The van der Waals surface area contributed by atoms with Crippen molar-refractivity contribution in [1.29, 1.82) is 0 Å². The standard InChI is InChI=1S/C6H6N2O3/c7-4-2-8-5(9)1-3(4)6(10)11/h1-2,4H,7H2,(H,10,11). The summed E-state index contributed by atoms with van der Waals surface area (Å²) in [5.41, 5.74) is 5.17. The van der Waals surface area contributed by atoms with Crippen molar-refractivity contribution < 1.29 is 14.7 Å². The smallest absolute Gasteiger partial charge is 0.333 e. The van der Waals surface area contributed by atoms with Crippen molar-refractivity contribution in [3.8, 4) is 0 Å². The van der Waals surface area contributed by atoms with Crippen molar-refractivity contribution in [3.63, 3.8) is 0 Å². The summed E-state index contributed by atoms with van der Waals surface area (Å²) in [6.07, 6.45) is 2.04. The minimum Gasteiger partial charge on any atom is -0.478 e. The van der Waals surface area contributed by atoms with Crippen LogP contribution in [-0.2, 0) is 9.59 Å². The van der Waals surface area contributed by atoms with E-state index in [1.54, 1.807) is 0 Å². The summed E-state index contributed by atoms with van der Waals surface area (Å²) in [7, 11) is 0. The highest BCUT2D eigenvalue weighted by Crippen LogP contribution is 2.03. The zero-order valence-corrected chi connectivity index (χ0v) is 5.52. The number of rotatable bonds is 1. The van der Waals surface area contributed by atoms with Gasteiger partial charge in [0.15, 0.2) is 0 Å². The molecule has 58 valence electrons. The van der Waals surface area contributed by atoms with Crippen LogP contribution in [0.4, 0.5) is 0 Å². The van der Waals surface area contributed by atoms with Gasteiger partial charge in [-0.25, -0.2) is 9.79 Å². The van der Waals surface area contributed by atoms with Crippen molar-refractivity contribution in [2.45, 2.75) is 6.04 Å².